The molecule has 16 heavy (non-hydrogen) atoms. The quantitative estimate of drug-likeness (QED) is 0.693. The lowest BCUT2D eigenvalue weighted by Gasteiger charge is -2.23. The number of hydrogen-bond donors (Lipinski definition) is 1. The highest BCUT2D eigenvalue weighted by Crippen LogP contribution is 2.10. The molecule has 0 aromatic carbocycles. The summed E-state index contributed by atoms with van der Waals surface area (Å²) in [5.74, 6) is 5.81. The van der Waals surface area contributed by atoms with Gasteiger partial charge in [-0.05, 0) is 33.2 Å². The Morgan fingerprint density at radius 3 is 2.44 bits per heavy atom. The van der Waals surface area contributed by atoms with Crippen LogP contribution in [0.1, 0.15) is 40.0 Å². The normalized spacial score (nSPS) is 15.0. The highest BCUT2D eigenvalue weighted by molar-refractivity contribution is 7.91. The number of sulfone groups is 1. The fraction of sp³-hybridized carbons (Fsp3) is 0.833. The van der Waals surface area contributed by atoms with Gasteiger partial charge in [0.15, 0.2) is 9.84 Å². The van der Waals surface area contributed by atoms with Crippen LogP contribution < -0.4 is 5.32 Å². The molecule has 2 unspecified atom stereocenters. The van der Waals surface area contributed by atoms with Gasteiger partial charge in [0.05, 0.1) is 5.25 Å². The topological polar surface area (TPSA) is 46.2 Å². The second-order valence-corrected chi connectivity index (χ2v) is 6.46. The van der Waals surface area contributed by atoms with Crippen LogP contribution in [-0.2, 0) is 9.84 Å². The summed E-state index contributed by atoms with van der Waals surface area (Å²) >= 11 is 0. The Labute approximate surface area is 99.9 Å². The lowest BCUT2D eigenvalue weighted by molar-refractivity contribution is 0.464. The van der Waals surface area contributed by atoms with Gasteiger partial charge < -0.3 is 5.32 Å². The van der Waals surface area contributed by atoms with Crippen LogP contribution in [0.3, 0.4) is 0 Å². The minimum atomic E-state index is -2.98. The van der Waals surface area contributed by atoms with Crippen molar-refractivity contribution in [2.45, 2.75) is 51.3 Å². The fourth-order valence-electron chi connectivity index (χ4n) is 1.48. The molecule has 0 fully saturated rings. The van der Waals surface area contributed by atoms with E-state index in [9.17, 15) is 8.42 Å². The molecule has 0 heterocycles. The summed E-state index contributed by atoms with van der Waals surface area (Å²) in [5, 5.41) is 2.94. The summed E-state index contributed by atoms with van der Waals surface area (Å²) in [4.78, 5) is 0. The zero-order chi connectivity index (χ0) is 12.6. The third-order valence-corrected chi connectivity index (χ3v) is 4.33. The Hall–Kier alpha value is -0.530. The highest BCUT2D eigenvalue weighted by Gasteiger charge is 2.24. The Kier molecular flexibility index (Phi) is 7.44. The first-order chi connectivity index (χ1) is 7.43. The van der Waals surface area contributed by atoms with Gasteiger partial charge in [0, 0.05) is 18.7 Å². The molecule has 4 heteroatoms. The molecular formula is C12H23NO2S. The van der Waals surface area contributed by atoms with Crippen molar-refractivity contribution in [3.63, 3.8) is 0 Å². The fourth-order valence-corrected chi connectivity index (χ4v) is 2.31. The summed E-state index contributed by atoms with van der Waals surface area (Å²) in [6.07, 6.45) is 3.84. The number of nitrogens with one attached hydrogen (secondary N) is 1. The standard InChI is InChI=1S/C12H23NO2S/c1-5-7-8-9-12(13-10-6-2)11(3)16(4,14)15/h11-13H,6,8-10H2,1-4H3. The zero-order valence-corrected chi connectivity index (χ0v) is 11.5. The van der Waals surface area contributed by atoms with Crippen molar-refractivity contribution in [2.75, 3.05) is 12.8 Å². The van der Waals surface area contributed by atoms with E-state index in [2.05, 4.69) is 24.1 Å². The van der Waals surface area contributed by atoms with E-state index in [0.717, 1.165) is 25.8 Å². The number of hydrogen-bond acceptors (Lipinski definition) is 3. The molecule has 0 aliphatic heterocycles. The number of rotatable bonds is 7. The minimum absolute atomic E-state index is 0.0100. The maximum Gasteiger partial charge on any atom is 0.151 e. The van der Waals surface area contributed by atoms with Crippen molar-refractivity contribution >= 4 is 9.84 Å². The molecule has 0 rings (SSSR count). The van der Waals surface area contributed by atoms with Gasteiger partial charge in [0.25, 0.3) is 0 Å². The third kappa shape index (κ3) is 6.14. The summed E-state index contributed by atoms with van der Waals surface area (Å²) in [6.45, 7) is 6.49. The maximum atomic E-state index is 11.5. The van der Waals surface area contributed by atoms with Crippen molar-refractivity contribution < 1.29 is 8.42 Å². The molecule has 0 amide bonds. The van der Waals surface area contributed by atoms with E-state index in [1.807, 2.05) is 0 Å². The van der Waals surface area contributed by atoms with Crippen LogP contribution in [-0.4, -0.2) is 32.5 Å². The molecule has 0 spiro atoms. The molecule has 0 saturated carbocycles. The van der Waals surface area contributed by atoms with Gasteiger partial charge in [-0.15, -0.1) is 11.8 Å². The molecule has 0 aromatic heterocycles. The van der Waals surface area contributed by atoms with E-state index >= 15 is 0 Å². The van der Waals surface area contributed by atoms with Crippen LogP contribution in [0.4, 0.5) is 0 Å². The van der Waals surface area contributed by atoms with Crippen molar-refractivity contribution in [3.05, 3.63) is 0 Å². The van der Waals surface area contributed by atoms with Crippen molar-refractivity contribution in [1.29, 1.82) is 0 Å². The first-order valence-electron chi connectivity index (χ1n) is 5.75. The molecular weight excluding hydrogens is 222 g/mol. The van der Waals surface area contributed by atoms with Crippen LogP contribution >= 0.6 is 0 Å². The molecule has 0 saturated heterocycles. The van der Waals surface area contributed by atoms with Gasteiger partial charge >= 0.3 is 0 Å². The summed E-state index contributed by atoms with van der Waals surface area (Å²) in [5.41, 5.74) is 0. The molecule has 0 aromatic rings. The van der Waals surface area contributed by atoms with Gasteiger partial charge in [-0.1, -0.05) is 6.92 Å². The second kappa shape index (κ2) is 7.70. The molecule has 3 nitrogen and oxygen atoms in total. The van der Waals surface area contributed by atoms with Gasteiger partial charge in [-0.2, -0.15) is 0 Å². The van der Waals surface area contributed by atoms with E-state index in [1.165, 1.54) is 6.26 Å². The molecule has 0 radical (unpaired) electrons. The first kappa shape index (κ1) is 15.5. The van der Waals surface area contributed by atoms with Crippen LogP contribution in [0.25, 0.3) is 0 Å². The Morgan fingerprint density at radius 2 is 2.00 bits per heavy atom. The second-order valence-electron chi connectivity index (χ2n) is 4.06. The zero-order valence-electron chi connectivity index (χ0n) is 10.7. The van der Waals surface area contributed by atoms with E-state index in [-0.39, 0.29) is 11.3 Å². The van der Waals surface area contributed by atoms with E-state index < -0.39 is 9.84 Å². The lowest BCUT2D eigenvalue weighted by atomic mass is 10.1. The first-order valence-corrected chi connectivity index (χ1v) is 7.70. The predicted molar refractivity (Wildman–Crippen MR) is 69.1 cm³/mol. The smallest absolute Gasteiger partial charge is 0.151 e. The SMILES string of the molecule is CC#CCCC(NCCC)C(C)S(C)(=O)=O. The Bertz CT molecular complexity index is 338. The van der Waals surface area contributed by atoms with E-state index in [4.69, 9.17) is 0 Å². The monoisotopic (exact) mass is 245 g/mol. The van der Waals surface area contributed by atoms with E-state index in [1.54, 1.807) is 13.8 Å². The van der Waals surface area contributed by atoms with Gasteiger partial charge in [-0.3, -0.25) is 0 Å². The van der Waals surface area contributed by atoms with Crippen LogP contribution in [0.15, 0.2) is 0 Å². The summed E-state index contributed by atoms with van der Waals surface area (Å²) in [7, 11) is -2.98. The molecule has 0 bridgehead atoms. The molecule has 0 aliphatic rings. The third-order valence-electron chi connectivity index (χ3n) is 2.66. The molecule has 1 N–H and O–H groups in total. The largest absolute Gasteiger partial charge is 0.313 e. The van der Waals surface area contributed by atoms with Gasteiger partial charge in [0.2, 0.25) is 0 Å². The molecule has 0 aliphatic carbocycles. The average molecular weight is 245 g/mol. The van der Waals surface area contributed by atoms with Gasteiger partial charge in [0.1, 0.15) is 0 Å². The molecule has 2 atom stereocenters. The summed E-state index contributed by atoms with van der Waals surface area (Å²) in [6, 6.07) is 0.0100. The van der Waals surface area contributed by atoms with Crippen molar-refractivity contribution in [3.8, 4) is 11.8 Å². The highest BCUT2D eigenvalue weighted by atomic mass is 32.2. The van der Waals surface area contributed by atoms with Gasteiger partial charge in [-0.25, -0.2) is 8.42 Å². The van der Waals surface area contributed by atoms with Crippen LogP contribution in [0.5, 0.6) is 0 Å². The minimum Gasteiger partial charge on any atom is -0.313 e. The molecule has 94 valence electrons. The Morgan fingerprint density at radius 1 is 1.38 bits per heavy atom. The summed E-state index contributed by atoms with van der Waals surface area (Å²) < 4.78 is 23.0. The maximum absolute atomic E-state index is 11.5. The lowest BCUT2D eigenvalue weighted by Crippen LogP contribution is -2.42. The Balaban J connectivity index is 4.44. The van der Waals surface area contributed by atoms with Crippen LogP contribution in [0.2, 0.25) is 0 Å². The van der Waals surface area contributed by atoms with Crippen molar-refractivity contribution in [2.24, 2.45) is 0 Å². The van der Waals surface area contributed by atoms with Crippen LogP contribution in [0, 0.1) is 11.8 Å². The average Bonchev–Trinajstić information content (AvgIpc) is 2.21. The van der Waals surface area contributed by atoms with Crippen molar-refractivity contribution in [1.82, 2.24) is 5.32 Å². The predicted octanol–water partition coefficient (Wildman–Crippen LogP) is 1.59. The van der Waals surface area contributed by atoms with E-state index in [0.29, 0.717) is 0 Å².